The molecule has 2 aromatic heterocycles. The number of amides is 1. The topological polar surface area (TPSA) is 86.8 Å². The summed E-state index contributed by atoms with van der Waals surface area (Å²) in [5.74, 6) is 0.589. The highest BCUT2D eigenvalue weighted by Crippen LogP contribution is 2.22. The summed E-state index contributed by atoms with van der Waals surface area (Å²) in [7, 11) is 0. The Morgan fingerprint density at radius 3 is 3.12 bits per heavy atom. The number of anilines is 1. The number of nitrogens with one attached hydrogen (secondary N) is 2. The molecule has 2 aromatic rings. The number of rotatable bonds is 1. The van der Waals surface area contributed by atoms with E-state index in [9.17, 15) is 4.79 Å². The van der Waals surface area contributed by atoms with Gasteiger partial charge in [-0.05, 0) is 11.6 Å². The number of hydrogen-bond acceptors (Lipinski definition) is 5. The summed E-state index contributed by atoms with van der Waals surface area (Å²) in [6.07, 6.45) is 1.53. The van der Waals surface area contributed by atoms with Gasteiger partial charge in [0.15, 0.2) is 11.5 Å². The number of hydrogen-bond donors (Lipinski definition) is 2. The molecule has 3 heterocycles. The minimum atomic E-state index is -0.0290. The van der Waals surface area contributed by atoms with E-state index in [4.69, 9.17) is 11.6 Å². The molecule has 0 aliphatic carbocycles. The molecule has 1 amide bonds. The zero-order valence-corrected chi connectivity index (χ0v) is 9.53. The molecular weight excluding hydrogens is 244 g/mol. The number of aromatic amines is 1. The summed E-state index contributed by atoms with van der Waals surface area (Å²) in [5, 5.41) is 2.89. The standard InChI is InChI=1S/C9H9ClN6O/c10-9-14-7-6(12-4-13-7)8(15-9)16-2-1-11-5(17)3-16/h4H,1-3H2,(H,11,17)(H,12,13,14,15). The van der Waals surface area contributed by atoms with Gasteiger partial charge in [-0.1, -0.05) is 0 Å². The third kappa shape index (κ3) is 1.78. The van der Waals surface area contributed by atoms with Crippen LogP contribution in [0.1, 0.15) is 0 Å². The van der Waals surface area contributed by atoms with E-state index >= 15 is 0 Å². The zero-order valence-electron chi connectivity index (χ0n) is 8.77. The van der Waals surface area contributed by atoms with E-state index in [1.54, 1.807) is 0 Å². The Morgan fingerprint density at radius 1 is 1.41 bits per heavy atom. The Morgan fingerprint density at radius 2 is 2.29 bits per heavy atom. The highest BCUT2D eigenvalue weighted by Gasteiger charge is 2.21. The van der Waals surface area contributed by atoms with Crippen LogP contribution >= 0.6 is 11.6 Å². The molecule has 0 spiro atoms. The second-order valence-corrected chi connectivity index (χ2v) is 4.03. The number of H-pyrrole nitrogens is 1. The number of halogens is 1. The van der Waals surface area contributed by atoms with Gasteiger partial charge in [-0.2, -0.15) is 9.97 Å². The normalized spacial score (nSPS) is 16.3. The van der Waals surface area contributed by atoms with E-state index in [0.29, 0.717) is 30.1 Å². The van der Waals surface area contributed by atoms with Crippen molar-refractivity contribution >= 4 is 34.5 Å². The monoisotopic (exact) mass is 252 g/mol. The van der Waals surface area contributed by atoms with E-state index < -0.39 is 0 Å². The Bertz CT molecular complexity index is 582. The summed E-state index contributed by atoms with van der Waals surface area (Å²) in [5.41, 5.74) is 1.20. The van der Waals surface area contributed by atoms with Crippen molar-refractivity contribution in [1.82, 2.24) is 25.3 Å². The molecule has 88 valence electrons. The second-order valence-electron chi connectivity index (χ2n) is 3.69. The summed E-state index contributed by atoms with van der Waals surface area (Å²) in [6, 6.07) is 0. The molecular formula is C9H9ClN6O. The van der Waals surface area contributed by atoms with Crippen molar-refractivity contribution < 1.29 is 4.79 Å². The lowest BCUT2D eigenvalue weighted by Crippen LogP contribution is -2.48. The first-order chi connectivity index (χ1) is 8.24. The molecule has 8 heteroatoms. The van der Waals surface area contributed by atoms with Crippen LogP contribution in [0.4, 0.5) is 5.82 Å². The fourth-order valence-corrected chi connectivity index (χ4v) is 2.00. The molecule has 0 unspecified atom stereocenters. The fourth-order valence-electron chi connectivity index (χ4n) is 1.84. The van der Waals surface area contributed by atoms with Crippen LogP contribution in [0.25, 0.3) is 11.2 Å². The molecule has 1 aliphatic heterocycles. The molecule has 0 saturated carbocycles. The van der Waals surface area contributed by atoms with E-state index in [1.807, 2.05) is 4.90 Å². The number of piperazine rings is 1. The number of carbonyl (C=O) groups excluding carboxylic acids is 1. The quantitative estimate of drug-likeness (QED) is 0.695. The molecule has 7 nitrogen and oxygen atoms in total. The Hall–Kier alpha value is -1.89. The summed E-state index contributed by atoms with van der Waals surface area (Å²) >= 11 is 5.83. The first-order valence-corrected chi connectivity index (χ1v) is 5.50. The molecule has 2 N–H and O–H groups in total. The first-order valence-electron chi connectivity index (χ1n) is 5.12. The lowest BCUT2D eigenvalue weighted by Gasteiger charge is -2.27. The molecule has 17 heavy (non-hydrogen) atoms. The van der Waals surface area contributed by atoms with Gasteiger partial charge in [-0.15, -0.1) is 0 Å². The maximum atomic E-state index is 11.4. The number of fused-ring (bicyclic) bond motifs is 1. The van der Waals surface area contributed by atoms with Gasteiger partial charge in [0.1, 0.15) is 5.52 Å². The van der Waals surface area contributed by atoms with Crippen molar-refractivity contribution in [2.24, 2.45) is 0 Å². The van der Waals surface area contributed by atoms with Gasteiger partial charge >= 0.3 is 0 Å². The van der Waals surface area contributed by atoms with Crippen molar-refractivity contribution in [3.63, 3.8) is 0 Å². The average Bonchev–Trinajstić information content (AvgIpc) is 2.75. The minimum Gasteiger partial charge on any atom is -0.353 e. The maximum Gasteiger partial charge on any atom is 0.239 e. The zero-order chi connectivity index (χ0) is 11.8. The van der Waals surface area contributed by atoms with E-state index in [0.717, 1.165) is 0 Å². The van der Waals surface area contributed by atoms with Crippen LogP contribution in [-0.2, 0) is 4.79 Å². The van der Waals surface area contributed by atoms with Crippen LogP contribution in [0.5, 0.6) is 0 Å². The van der Waals surface area contributed by atoms with Crippen LogP contribution in [0, 0.1) is 0 Å². The summed E-state index contributed by atoms with van der Waals surface area (Å²) in [6.45, 7) is 1.55. The maximum absolute atomic E-state index is 11.4. The van der Waals surface area contributed by atoms with Gasteiger partial charge < -0.3 is 15.2 Å². The van der Waals surface area contributed by atoms with E-state index in [1.165, 1.54) is 6.33 Å². The van der Waals surface area contributed by atoms with Crippen molar-refractivity contribution in [2.75, 3.05) is 24.5 Å². The minimum absolute atomic E-state index is 0.0290. The van der Waals surface area contributed by atoms with Gasteiger partial charge in [-0.3, -0.25) is 4.79 Å². The predicted molar refractivity (Wildman–Crippen MR) is 61.9 cm³/mol. The van der Waals surface area contributed by atoms with Crippen molar-refractivity contribution in [3.05, 3.63) is 11.6 Å². The van der Waals surface area contributed by atoms with E-state index in [2.05, 4.69) is 25.3 Å². The predicted octanol–water partition coefficient (Wildman–Crippen LogP) is -0.0575. The molecule has 3 rings (SSSR count). The van der Waals surface area contributed by atoms with Gasteiger partial charge in [0.05, 0.1) is 12.9 Å². The molecule has 1 saturated heterocycles. The summed E-state index contributed by atoms with van der Waals surface area (Å²) in [4.78, 5) is 28.4. The number of imidazole rings is 1. The molecule has 0 atom stereocenters. The largest absolute Gasteiger partial charge is 0.353 e. The number of nitrogens with zero attached hydrogens (tertiary/aromatic N) is 4. The molecule has 0 radical (unpaired) electrons. The van der Waals surface area contributed by atoms with Crippen LogP contribution in [0.2, 0.25) is 5.28 Å². The van der Waals surface area contributed by atoms with Crippen molar-refractivity contribution in [1.29, 1.82) is 0 Å². The number of carbonyl (C=O) groups is 1. The first kappa shape index (κ1) is 10.3. The highest BCUT2D eigenvalue weighted by atomic mass is 35.5. The van der Waals surface area contributed by atoms with Crippen LogP contribution < -0.4 is 10.2 Å². The Balaban J connectivity index is 2.09. The van der Waals surface area contributed by atoms with Crippen LogP contribution in [-0.4, -0.2) is 45.5 Å². The van der Waals surface area contributed by atoms with Gasteiger partial charge in [-0.25, -0.2) is 4.98 Å². The number of aromatic nitrogens is 4. The van der Waals surface area contributed by atoms with Gasteiger partial charge in [0.2, 0.25) is 11.2 Å². The highest BCUT2D eigenvalue weighted by molar-refractivity contribution is 6.28. The molecule has 0 aromatic carbocycles. The van der Waals surface area contributed by atoms with E-state index in [-0.39, 0.29) is 17.7 Å². The lowest BCUT2D eigenvalue weighted by molar-refractivity contribution is -0.120. The lowest BCUT2D eigenvalue weighted by atomic mass is 10.3. The van der Waals surface area contributed by atoms with Gasteiger partial charge in [0, 0.05) is 13.1 Å². The fraction of sp³-hybridized carbons (Fsp3) is 0.333. The smallest absolute Gasteiger partial charge is 0.239 e. The van der Waals surface area contributed by atoms with Crippen molar-refractivity contribution in [3.8, 4) is 0 Å². The average molecular weight is 253 g/mol. The Kier molecular flexibility index (Phi) is 2.32. The Labute approximate surface area is 101 Å². The molecule has 1 fully saturated rings. The third-order valence-electron chi connectivity index (χ3n) is 2.58. The second kappa shape index (κ2) is 3.85. The molecule has 0 bridgehead atoms. The van der Waals surface area contributed by atoms with Gasteiger partial charge in [0.25, 0.3) is 0 Å². The SMILES string of the molecule is O=C1CN(c2nc(Cl)nc3nc[nH]c23)CCN1. The van der Waals surface area contributed by atoms with Crippen molar-refractivity contribution in [2.45, 2.75) is 0 Å². The molecule has 1 aliphatic rings. The van der Waals surface area contributed by atoms with Crippen LogP contribution in [0.15, 0.2) is 6.33 Å². The van der Waals surface area contributed by atoms with Crippen LogP contribution in [0.3, 0.4) is 0 Å². The third-order valence-corrected chi connectivity index (χ3v) is 2.75. The summed E-state index contributed by atoms with van der Waals surface area (Å²) < 4.78 is 0.